The first-order chi connectivity index (χ1) is 7.92. The van der Waals surface area contributed by atoms with E-state index in [4.69, 9.17) is 0 Å². The molecule has 0 aliphatic rings. The molecular formula is C14H17N2+. The molecule has 1 aromatic carbocycles. The molecule has 2 N–H and O–H groups in total. The van der Waals surface area contributed by atoms with Gasteiger partial charge in [0.15, 0.2) is 0 Å². The van der Waals surface area contributed by atoms with E-state index >= 15 is 0 Å². The van der Waals surface area contributed by atoms with Gasteiger partial charge in [-0.15, -0.1) is 0 Å². The average molecular weight is 213 g/mol. The third-order valence-electron chi connectivity index (χ3n) is 2.55. The number of nitrogens with zero attached hydrogens (tertiary/aromatic N) is 1. The van der Waals surface area contributed by atoms with Gasteiger partial charge < -0.3 is 9.88 Å². The van der Waals surface area contributed by atoms with E-state index in [-0.39, 0.29) is 0 Å². The molecule has 1 aromatic heterocycles. The van der Waals surface area contributed by atoms with Crippen molar-refractivity contribution in [2.24, 2.45) is 0 Å². The van der Waals surface area contributed by atoms with Crippen molar-refractivity contribution < 1.29 is 5.32 Å². The van der Waals surface area contributed by atoms with Gasteiger partial charge in [-0.05, 0) is 30.3 Å². The Kier molecular flexibility index (Phi) is 3.57. The van der Waals surface area contributed by atoms with Crippen LogP contribution in [0.4, 0.5) is 0 Å². The van der Waals surface area contributed by atoms with Crippen LogP contribution >= 0.6 is 0 Å². The Morgan fingerprint density at radius 1 is 1.12 bits per heavy atom. The zero-order valence-electron chi connectivity index (χ0n) is 9.34. The highest BCUT2D eigenvalue weighted by Gasteiger charge is 2.03. The number of para-hydroxylation sites is 1. The molecule has 0 unspecified atom stereocenters. The van der Waals surface area contributed by atoms with Crippen molar-refractivity contribution in [3.8, 4) is 5.69 Å². The molecule has 0 spiro atoms. The minimum absolute atomic E-state index is 0.958. The molecule has 2 nitrogen and oxygen atoms in total. The van der Waals surface area contributed by atoms with Crippen molar-refractivity contribution in [3.63, 3.8) is 0 Å². The van der Waals surface area contributed by atoms with Crippen LogP contribution < -0.4 is 5.32 Å². The molecule has 2 aromatic rings. The van der Waals surface area contributed by atoms with E-state index in [0.717, 1.165) is 13.1 Å². The van der Waals surface area contributed by atoms with Gasteiger partial charge in [0.1, 0.15) is 6.54 Å². The molecule has 0 aliphatic heterocycles. The maximum Gasteiger partial charge on any atom is 0.117 e. The number of hydrogen-bond acceptors (Lipinski definition) is 0. The lowest BCUT2D eigenvalue weighted by Crippen LogP contribution is -2.82. The summed E-state index contributed by atoms with van der Waals surface area (Å²) in [5.41, 5.74) is 2.53. The van der Waals surface area contributed by atoms with E-state index in [1.54, 1.807) is 0 Å². The van der Waals surface area contributed by atoms with Gasteiger partial charge in [0.25, 0.3) is 0 Å². The van der Waals surface area contributed by atoms with E-state index < -0.39 is 0 Å². The summed E-state index contributed by atoms with van der Waals surface area (Å²) >= 11 is 0. The van der Waals surface area contributed by atoms with Gasteiger partial charge in [-0.1, -0.05) is 24.8 Å². The van der Waals surface area contributed by atoms with Crippen molar-refractivity contribution in [1.29, 1.82) is 0 Å². The Morgan fingerprint density at radius 3 is 2.69 bits per heavy atom. The number of hydrogen-bond donors (Lipinski definition) is 1. The predicted octanol–water partition coefficient (Wildman–Crippen LogP) is 1.73. The van der Waals surface area contributed by atoms with Crippen LogP contribution in [-0.4, -0.2) is 11.1 Å². The van der Waals surface area contributed by atoms with Crippen LogP contribution in [0.3, 0.4) is 0 Å². The number of nitrogens with two attached hydrogens (primary N) is 1. The molecule has 0 amide bonds. The van der Waals surface area contributed by atoms with E-state index in [2.05, 4.69) is 59.1 Å². The van der Waals surface area contributed by atoms with Gasteiger partial charge in [-0.3, -0.25) is 0 Å². The van der Waals surface area contributed by atoms with Gasteiger partial charge in [0, 0.05) is 11.9 Å². The Bertz CT molecular complexity index is 443. The van der Waals surface area contributed by atoms with Crippen LogP contribution in [-0.2, 0) is 6.54 Å². The van der Waals surface area contributed by atoms with Gasteiger partial charge in [0.05, 0.1) is 12.2 Å². The zero-order valence-corrected chi connectivity index (χ0v) is 9.34. The van der Waals surface area contributed by atoms with Gasteiger partial charge >= 0.3 is 0 Å². The summed E-state index contributed by atoms with van der Waals surface area (Å²) in [7, 11) is 0. The highest BCUT2D eigenvalue weighted by Crippen LogP contribution is 2.11. The average Bonchev–Trinajstić information content (AvgIpc) is 2.79. The lowest BCUT2D eigenvalue weighted by Gasteiger charge is -2.07. The first-order valence-electron chi connectivity index (χ1n) is 5.56. The first-order valence-corrected chi connectivity index (χ1v) is 5.56. The fourth-order valence-electron chi connectivity index (χ4n) is 1.77. The number of aromatic nitrogens is 1. The molecule has 0 radical (unpaired) electrons. The molecule has 0 aliphatic carbocycles. The Labute approximate surface area is 96.2 Å². The van der Waals surface area contributed by atoms with Crippen molar-refractivity contribution in [2.45, 2.75) is 6.54 Å². The summed E-state index contributed by atoms with van der Waals surface area (Å²) in [6, 6.07) is 14.7. The summed E-state index contributed by atoms with van der Waals surface area (Å²) in [6.07, 6.45) is 4.03. The van der Waals surface area contributed by atoms with Crippen molar-refractivity contribution >= 4 is 0 Å². The maximum absolute atomic E-state index is 3.72. The summed E-state index contributed by atoms with van der Waals surface area (Å²) in [4.78, 5) is 0. The molecule has 16 heavy (non-hydrogen) atoms. The fourth-order valence-corrected chi connectivity index (χ4v) is 1.77. The summed E-state index contributed by atoms with van der Waals surface area (Å²) in [5, 5.41) is 2.24. The Balaban J connectivity index is 2.16. The molecule has 1 heterocycles. The quantitative estimate of drug-likeness (QED) is 0.577. The third-order valence-corrected chi connectivity index (χ3v) is 2.55. The first kappa shape index (κ1) is 10.7. The molecule has 82 valence electrons. The van der Waals surface area contributed by atoms with Crippen LogP contribution in [0.1, 0.15) is 5.69 Å². The molecule has 0 bridgehead atoms. The van der Waals surface area contributed by atoms with Crippen LogP contribution in [0.15, 0.2) is 61.3 Å². The number of benzene rings is 1. The van der Waals surface area contributed by atoms with Crippen molar-refractivity contribution in [3.05, 3.63) is 67.0 Å². The lowest BCUT2D eigenvalue weighted by molar-refractivity contribution is -0.662. The molecular weight excluding hydrogens is 196 g/mol. The van der Waals surface area contributed by atoms with E-state index in [1.165, 1.54) is 11.4 Å². The fraction of sp³-hybridized carbons (Fsp3) is 0.143. The SMILES string of the molecule is C=CC[NH2+]Cc1cccn1-c1ccccc1. The second-order valence-corrected chi connectivity index (χ2v) is 3.72. The summed E-state index contributed by atoms with van der Waals surface area (Å²) in [6.45, 7) is 5.66. The number of quaternary nitrogens is 1. The number of rotatable bonds is 5. The Hall–Kier alpha value is -1.80. The van der Waals surface area contributed by atoms with Crippen molar-refractivity contribution in [2.75, 3.05) is 6.54 Å². The second-order valence-electron chi connectivity index (χ2n) is 3.72. The lowest BCUT2D eigenvalue weighted by atomic mass is 10.3. The molecule has 2 heteroatoms. The highest BCUT2D eigenvalue weighted by molar-refractivity contribution is 5.34. The van der Waals surface area contributed by atoms with Crippen LogP contribution in [0.2, 0.25) is 0 Å². The third kappa shape index (κ3) is 2.41. The highest BCUT2D eigenvalue weighted by atomic mass is 15.0. The smallest absolute Gasteiger partial charge is 0.117 e. The van der Waals surface area contributed by atoms with Crippen LogP contribution in [0, 0.1) is 0 Å². The topological polar surface area (TPSA) is 21.5 Å². The maximum atomic E-state index is 3.72. The van der Waals surface area contributed by atoms with Crippen molar-refractivity contribution in [1.82, 2.24) is 4.57 Å². The van der Waals surface area contributed by atoms with Gasteiger partial charge in [-0.2, -0.15) is 0 Å². The zero-order chi connectivity index (χ0) is 11.2. The monoisotopic (exact) mass is 213 g/mol. The normalized spacial score (nSPS) is 10.2. The van der Waals surface area contributed by atoms with Gasteiger partial charge in [0.2, 0.25) is 0 Å². The standard InChI is InChI=1S/C14H16N2/c1-2-10-15-12-14-9-6-11-16(14)13-7-4-3-5-8-13/h2-9,11,15H,1,10,12H2/p+1. The van der Waals surface area contributed by atoms with E-state index in [1.807, 2.05) is 12.1 Å². The minimum atomic E-state index is 0.958. The largest absolute Gasteiger partial charge is 0.338 e. The van der Waals surface area contributed by atoms with Crippen LogP contribution in [0.5, 0.6) is 0 Å². The Morgan fingerprint density at radius 2 is 1.94 bits per heavy atom. The van der Waals surface area contributed by atoms with Gasteiger partial charge in [-0.25, -0.2) is 0 Å². The van der Waals surface area contributed by atoms with Crippen LogP contribution in [0.25, 0.3) is 5.69 Å². The summed E-state index contributed by atoms with van der Waals surface area (Å²) < 4.78 is 2.22. The molecule has 0 saturated carbocycles. The summed E-state index contributed by atoms with van der Waals surface area (Å²) in [5.74, 6) is 0. The predicted molar refractivity (Wildman–Crippen MR) is 66.5 cm³/mol. The van der Waals surface area contributed by atoms with E-state index in [9.17, 15) is 0 Å². The molecule has 0 atom stereocenters. The molecule has 2 rings (SSSR count). The second kappa shape index (κ2) is 5.33. The van der Waals surface area contributed by atoms with E-state index in [0.29, 0.717) is 0 Å². The minimum Gasteiger partial charge on any atom is -0.338 e. The molecule has 0 saturated heterocycles. The molecule has 0 fully saturated rings.